The van der Waals surface area contributed by atoms with Crippen molar-refractivity contribution in [1.29, 1.82) is 0 Å². The first kappa shape index (κ1) is 15.6. The predicted octanol–water partition coefficient (Wildman–Crippen LogP) is 0.661. The lowest BCUT2D eigenvalue weighted by molar-refractivity contribution is -0.123. The first-order valence-corrected chi connectivity index (χ1v) is 7.85. The molecule has 7 nitrogen and oxygen atoms in total. The van der Waals surface area contributed by atoms with Gasteiger partial charge in [0.25, 0.3) is 5.91 Å². The van der Waals surface area contributed by atoms with Crippen molar-refractivity contribution in [3.8, 4) is 0 Å². The number of rotatable bonds is 4. The van der Waals surface area contributed by atoms with Gasteiger partial charge in [-0.25, -0.2) is 4.98 Å². The number of thiazole rings is 1. The van der Waals surface area contributed by atoms with Crippen molar-refractivity contribution in [3.63, 3.8) is 0 Å². The number of hydrogen-bond donors (Lipinski definition) is 2. The summed E-state index contributed by atoms with van der Waals surface area (Å²) in [5, 5.41) is 0.700. The van der Waals surface area contributed by atoms with Gasteiger partial charge in [-0.05, 0) is 26.2 Å². The van der Waals surface area contributed by atoms with Gasteiger partial charge in [-0.15, -0.1) is 0 Å². The highest BCUT2D eigenvalue weighted by atomic mass is 32.1. The third kappa shape index (κ3) is 3.10. The molecule has 0 aromatic carbocycles. The molecule has 8 heteroatoms. The number of nitrogens with zero attached hydrogens (tertiary/aromatic N) is 3. The van der Waals surface area contributed by atoms with Gasteiger partial charge in [0.15, 0.2) is 5.13 Å². The molecular formula is C13H21N5O2S. The average Bonchev–Trinajstić information content (AvgIpc) is 2.87. The topological polar surface area (TPSA) is 106 Å². The molecule has 1 aliphatic rings. The minimum Gasteiger partial charge on any atom is -0.382 e. The van der Waals surface area contributed by atoms with Gasteiger partial charge in [0.05, 0.1) is 0 Å². The molecule has 0 saturated carbocycles. The minimum absolute atomic E-state index is 0.217. The monoisotopic (exact) mass is 311 g/mol. The van der Waals surface area contributed by atoms with Crippen molar-refractivity contribution >= 4 is 34.1 Å². The maximum atomic E-state index is 12.6. The molecule has 1 fully saturated rings. The van der Waals surface area contributed by atoms with Gasteiger partial charge in [0.2, 0.25) is 5.91 Å². The smallest absolute Gasteiger partial charge is 0.268 e. The van der Waals surface area contributed by atoms with Crippen LogP contribution >= 0.6 is 11.3 Å². The fourth-order valence-corrected chi connectivity index (χ4v) is 3.34. The fourth-order valence-electron chi connectivity index (χ4n) is 2.37. The zero-order valence-corrected chi connectivity index (χ0v) is 13.2. The second-order valence-corrected chi connectivity index (χ2v) is 6.11. The van der Waals surface area contributed by atoms with Gasteiger partial charge in [0, 0.05) is 20.1 Å². The van der Waals surface area contributed by atoms with Crippen LogP contribution in [-0.2, 0) is 4.79 Å². The molecule has 2 amide bonds. The lowest BCUT2D eigenvalue weighted by atomic mass is 10.0. The molecule has 1 aliphatic heterocycles. The Bertz CT molecular complexity index is 545. The summed E-state index contributed by atoms with van der Waals surface area (Å²) in [5.74, 6) is -0.490. The highest BCUT2D eigenvalue weighted by Gasteiger charge is 2.33. The van der Waals surface area contributed by atoms with Gasteiger partial charge >= 0.3 is 0 Å². The van der Waals surface area contributed by atoms with Crippen molar-refractivity contribution in [2.45, 2.75) is 32.2 Å². The van der Waals surface area contributed by atoms with Gasteiger partial charge in [-0.2, -0.15) is 0 Å². The number of anilines is 2. The Kier molecular flexibility index (Phi) is 4.66. The molecule has 2 heterocycles. The van der Waals surface area contributed by atoms with E-state index in [-0.39, 0.29) is 11.7 Å². The largest absolute Gasteiger partial charge is 0.382 e. The molecular weight excluding hydrogens is 290 g/mol. The Balaban J connectivity index is 2.26. The van der Waals surface area contributed by atoms with Crippen LogP contribution in [0.5, 0.6) is 0 Å². The molecule has 1 saturated heterocycles. The van der Waals surface area contributed by atoms with E-state index >= 15 is 0 Å². The van der Waals surface area contributed by atoms with E-state index in [2.05, 4.69) is 4.98 Å². The summed E-state index contributed by atoms with van der Waals surface area (Å²) in [4.78, 5) is 32.2. The minimum atomic E-state index is -0.542. The summed E-state index contributed by atoms with van der Waals surface area (Å²) < 4.78 is 0. The van der Waals surface area contributed by atoms with Gasteiger partial charge in [0.1, 0.15) is 16.7 Å². The molecule has 4 N–H and O–H groups in total. The molecule has 0 radical (unpaired) electrons. The summed E-state index contributed by atoms with van der Waals surface area (Å²) in [6.07, 6.45) is 2.39. The van der Waals surface area contributed by atoms with Crippen LogP contribution in [0.2, 0.25) is 0 Å². The summed E-state index contributed by atoms with van der Waals surface area (Å²) in [6, 6.07) is -0.542. The highest BCUT2D eigenvalue weighted by molar-refractivity contribution is 7.18. The number of aromatic nitrogens is 1. The van der Waals surface area contributed by atoms with Crippen molar-refractivity contribution < 1.29 is 9.59 Å². The maximum Gasteiger partial charge on any atom is 0.268 e. The van der Waals surface area contributed by atoms with Crippen LogP contribution in [0.25, 0.3) is 0 Å². The third-order valence-electron chi connectivity index (χ3n) is 3.73. The fraction of sp³-hybridized carbons (Fsp3) is 0.615. The lowest BCUT2D eigenvalue weighted by Crippen LogP contribution is -2.50. The van der Waals surface area contributed by atoms with E-state index in [9.17, 15) is 9.59 Å². The molecule has 0 aliphatic carbocycles. The normalized spacial score (nSPS) is 18.6. The van der Waals surface area contributed by atoms with Crippen LogP contribution in [0, 0.1) is 0 Å². The Labute approximate surface area is 127 Å². The molecule has 1 aromatic rings. The average molecular weight is 311 g/mol. The van der Waals surface area contributed by atoms with Crippen molar-refractivity contribution in [2.24, 2.45) is 5.73 Å². The quantitative estimate of drug-likeness (QED) is 0.850. The van der Waals surface area contributed by atoms with Gasteiger partial charge in [-0.3, -0.25) is 9.59 Å². The number of hydrogen-bond acceptors (Lipinski definition) is 6. The maximum absolute atomic E-state index is 12.6. The second-order valence-electron chi connectivity index (χ2n) is 5.14. The number of primary amides is 1. The SMILES string of the molecule is CCN(C)c1nc(N)c(C(=O)N2CCCCC2C(N)=O)s1. The molecule has 1 unspecified atom stereocenters. The van der Waals surface area contributed by atoms with E-state index in [0.717, 1.165) is 19.4 Å². The Morgan fingerprint density at radius 2 is 2.19 bits per heavy atom. The predicted molar refractivity (Wildman–Crippen MR) is 83.3 cm³/mol. The first-order chi connectivity index (χ1) is 9.95. The standard InChI is InChI=1S/C13H21N5O2S/c1-3-17(2)13-16-10(14)9(21-13)12(20)18-7-5-4-6-8(18)11(15)19/h8H,3-7,14H2,1-2H3,(H2,15,19). The number of carbonyl (C=O) groups is 2. The summed E-state index contributed by atoms with van der Waals surface area (Å²) in [5.41, 5.74) is 11.3. The van der Waals surface area contributed by atoms with Crippen molar-refractivity contribution in [2.75, 3.05) is 30.8 Å². The Hall–Kier alpha value is -1.83. The van der Waals surface area contributed by atoms with Crippen LogP contribution in [0.15, 0.2) is 0 Å². The van der Waals surface area contributed by atoms with Crippen LogP contribution in [0.4, 0.5) is 10.9 Å². The van der Waals surface area contributed by atoms with Crippen LogP contribution in [-0.4, -0.2) is 47.9 Å². The molecule has 2 rings (SSSR count). The number of carbonyl (C=O) groups excluding carboxylic acids is 2. The van der Waals surface area contributed by atoms with Crippen LogP contribution in [0.1, 0.15) is 35.9 Å². The number of nitrogen functional groups attached to an aromatic ring is 1. The van der Waals surface area contributed by atoms with Gasteiger partial charge in [-0.1, -0.05) is 11.3 Å². The van der Waals surface area contributed by atoms with E-state index in [4.69, 9.17) is 11.5 Å². The lowest BCUT2D eigenvalue weighted by Gasteiger charge is -2.33. The number of amides is 2. The van der Waals surface area contributed by atoms with E-state index < -0.39 is 11.9 Å². The van der Waals surface area contributed by atoms with Crippen LogP contribution in [0.3, 0.4) is 0 Å². The van der Waals surface area contributed by atoms with E-state index in [1.165, 1.54) is 16.2 Å². The summed E-state index contributed by atoms with van der Waals surface area (Å²) in [7, 11) is 1.89. The number of nitrogens with two attached hydrogens (primary N) is 2. The Morgan fingerprint density at radius 3 is 2.81 bits per heavy atom. The molecule has 0 spiro atoms. The zero-order chi connectivity index (χ0) is 15.6. The van der Waals surface area contributed by atoms with E-state index in [0.29, 0.717) is 23.0 Å². The van der Waals surface area contributed by atoms with Crippen molar-refractivity contribution in [3.05, 3.63) is 4.88 Å². The molecule has 21 heavy (non-hydrogen) atoms. The van der Waals surface area contributed by atoms with Gasteiger partial charge < -0.3 is 21.3 Å². The molecule has 1 aromatic heterocycles. The second kappa shape index (κ2) is 6.30. The van der Waals surface area contributed by atoms with E-state index in [1.807, 2.05) is 18.9 Å². The Morgan fingerprint density at radius 1 is 1.48 bits per heavy atom. The van der Waals surface area contributed by atoms with Crippen LogP contribution < -0.4 is 16.4 Å². The van der Waals surface area contributed by atoms with E-state index in [1.54, 1.807) is 0 Å². The number of likely N-dealkylation sites (tertiary alicyclic amines) is 1. The first-order valence-electron chi connectivity index (χ1n) is 7.03. The third-order valence-corrected chi connectivity index (χ3v) is 4.90. The number of piperidine rings is 1. The highest BCUT2D eigenvalue weighted by Crippen LogP contribution is 2.30. The van der Waals surface area contributed by atoms with Crippen molar-refractivity contribution in [1.82, 2.24) is 9.88 Å². The zero-order valence-electron chi connectivity index (χ0n) is 12.3. The molecule has 116 valence electrons. The summed E-state index contributed by atoms with van der Waals surface area (Å²) >= 11 is 1.25. The molecule has 0 bridgehead atoms. The molecule has 1 atom stereocenters. The summed E-state index contributed by atoms with van der Waals surface area (Å²) in [6.45, 7) is 3.30.